The number of carbonyl (C=O) groups is 1. The predicted octanol–water partition coefficient (Wildman–Crippen LogP) is 0.346. The monoisotopic (exact) mass is 169 g/mol. The molecule has 0 spiro atoms. The fourth-order valence-corrected chi connectivity index (χ4v) is 0.257. The number of nitrogens with two attached hydrogens (primary N) is 1. The number of aliphatic carboxylic acids is 1. The van der Waals surface area contributed by atoms with Gasteiger partial charge in [-0.15, -0.1) is 12.4 Å². The van der Waals surface area contributed by atoms with Crippen LogP contribution in [-0.4, -0.2) is 23.8 Å². The minimum absolute atomic E-state index is 0. The van der Waals surface area contributed by atoms with Crippen LogP contribution in [0, 0.1) is 0 Å². The first-order valence-corrected chi connectivity index (χ1v) is 2.39. The van der Waals surface area contributed by atoms with Crippen LogP contribution in [0.5, 0.6) is 0 Å². The number of hydrogen-bond acceptors (Lipinski definition) is 2. The molecule has 0 bridgehead atoms. The van der Waals surface area contributed by atoms with Crippen LogP contribution in [0.3, 0.4) is 0 Å². The average molecular weight is 170 g/mol. The van der Waals surface area contributed by atoms with Gasteiger partial charge in [0.1, 0.15) is 6.67 Å². The molecule has 3 nitrogen and oxygen atoms in total. The molecular formula is C5H9ClFNO2. The van der Waals surface area contributed by atoms with Gasteiger partial charge in [0.2, 0.25) is 0 Å². The highest BCUT2D eigenvalue weighted by Crippen LogP contribution is 1.82. The smallest absolute Gasteiger partial charge is 0.328 e. The second kappa shape index (κ2) is 6.51. The Morgan fingerprint density at radius 3 is 2.60 bits per heavy atom. The molecule has 10 heavy (non-hydrogen) atoms. The zero-order valence-corrected chi connectivity index (χ0v) is 5.97. The van der Waals surface area contributed by atoms with Crippen molar-refractivity contribution in [3.05, 3.63) is 12.2 Å². The predicted molar refractivity (Wildman–Crippen MR) is 38.0 cm³/mol. The Hall–Kier alpha value is -0.610. The van der Waals surface area contributed by atoms with Gasteiger partial charge in [-0.05, 0) is 0 Å². The Kier molecular flexibility index (Phi) is 7.88. The van der Waals surface area contributed by atoms with Gasteiger partial charge in [0, 0.05) is 6.08 Å². The highest BCUT2D eigenvalue weighted by molar-refractivity contribution is 5.85. The van der Waals surface area contributed by atoms with Crippen molar-refractivity contribution in [3.63, 3.8) is 0 Å². The number of alkyl halides is 1. The molecular weight excluding hydrogens is 161 g/mol. The van der Waals surface area contributed by atoms with E-state index >= 15 is 0 Å². The van der Waals surface area contributed by atoms with E-state index in [1.807, 2.05) is 0 Å². The molecule has 0 radical (unpaired) electrons. The summed E-state index contributed by atoms with van der Waals surface area (Å²) in [5.41, 5.74) is 5.00. The number of hydrogen-bond donors (Lipinski definition) is 2. The standard InChI is InChI=1S/C5H8FNO2.ClH/c6-3-4(7)1-2-5(8)9;/h1-2,4H,3,7H2,(H,8,9);1H/b2-1+;/t4-;/m0./s1. The summed E-state index contributed by atoms with van der Waals surface area (Å²) >= 11 is 0. The molecule has 0 aliphatic heterocycles. The van der Waals surface area contributed by atoms with Crippen molar-refractivity contribution in [3.8, 4) is 0 Å². The van der Waals surface area contributed by atoms with Gasteiger partial charge in [0.15, 0.2) is 0 Å². The molecule has 0 heterocycles. The minimum atomic E-state index is -1.11. The minimum Gasteiger partial charge on any atom is -0.478 e. The van der Waals surface area contributed by atoms with E-state index < -0.39 is 18.7 Å². The molecule has 60 valence electrons. The fourth-order valence-electron chi connectivity index (χ4n) is 0.257. The molecule has 3 N–H and O–H groups in total. The Bertz CT molecular complexity index is 129. The highest BCUT2D eigenvalue weighted by Gasteiger charge is 1.94. The summed E-state index contributed by atoms with van der Waals surface area (Å²) in [5, 5.41) is 7.99. The molecule has 0 aromatic heterocycles. The zero-order chi connectivity index (χ0) is 7.28. The lowest BCUT2D eigenvalue weighted by atomic mass is 10.3. The number of carboxylic acid groups (broad SMARTS) is 1. The van der Waals surface area contributed by atoms with Crippen LogP contribution >= 0.6 is 12.4 Å². The second-order valence-corrected chi connectivity index (χ2v) is 1.52. The van der Waals surface area contributed by atoms with Crippen LogP contribution in [0.4, 0.5) is 4.39 Å². The third kappa shape index (κ3) is 7.39. The van der Waals surface area contributed by atoms with E-state index in [0.29, 0.717) is 0 Å². The average Bonchev–Trinajstić information content (AvgIpc) is 1.83. The SMILES string of the molecule is Cl.N[C@@H](/C=C/C(=O)O)CF. The number of rotatable bonds is 3. The third-order valence-corrected chi connectivity index (χ3v) is 0.664. The topological polar surface area (TPSA) is 63.3 Å². The quantitative estimate of drug-likeness (QED) is 0.599. The van der Waals surface area contributed by atoms with Crippen molar-refractivity contribution < 1.29 is 14.3 Å². The lowest BCUT2D eigenvalue weighted by Gasteiger charge is -1.94. The summed E-state index contributed by atoms with van der Waals surface area (Å²) in [6.07, 6.45) is 1.92. The molecule has 0 aliphatic carbocycles. The first-order valence-electron chi connectivity index (χ1n) is 2.39. The van der Waals surface area contributed by atoms with Crippen LogP contribution < -0.4 is 5.73 Å². The fraction of sp³-hybridized carbons (Fsp3) is 0.400. The second-order valence-electron chi connectivity index (χ2n) is 1.52. The van der Waals surface area contributed by atoms with Gasteiger partial charge >= 0.3 is 5.97 Å². The van der Waals surface area contributed by atoms with E-state index in [9.17, 15) is 9.18 Å². The van der Waals surface area contributed by atoms with Crippen molar-refractivity contribution >= 4 is 18.4 Å². The number of carboxylic acids is 1. The molecule has 0 unspecified atom stereocenters. The van der Waals surface area contributed by atoms with Crippen LogP contribution in [-0.2, 0) is 4.79 Å². The molecule has 5 heteroatoms. The molecule has 0 aromatic carbocycles. The molecule has 0 rings (SSSR count). The van der Waals surface area contributed by atoms with Gasteiger partial charge in [-0.25, -0.2) is 9.18 Å². The van der Waals surface area contributed by atoms with Crippen molar-refractivity contribution in [1.82, 2.24) is 0 Å². The van der Waals surface area contributed by atoms with Crippen molar-refractivity contribution in [2.75, 3.05) is 6.67 Å². The van der Waals surface area contributed by atoms with Gasteiger partial charge in [0.25, 0.3) is 0 Å². The first kappa shape index (κ1) is 12.1. The maximum atomic E-state index is 11.5. The lowest BCUT2D eigenvalue weighted by molar-refractivity contribution is -0.131. The molecule has 0 amide bonds. The van der Waals surface area contributed by atoms with Crippen molar-refractivity contribution in [2.45, 2.75) is 6.04 Å². The normalized spacial score (nSPS) is 12.6. The third-order valence-electron chi connectivity index (χ3n) is 0.664. The Morgan fingerprint density at radius 1 is 1.80 bits per heavy atom. The van der Waals surface area contributed by atoms with E-state index in [-0.39, 0.29) is 12.4 Å². The van der Waals surface area contributed by atoms with Gasteiger partial charge in [-0.2, -0.15) is 0 Å². The molecule has 0 saturated heterocycles. The van der Waals surface area contributed by atoms with Crippen LogP contribution in [0.15, 0.2) is 12.2 Å². The molecule has 0 aliphatic rings. The maximum Gasteiger partial charge on any atom is 0.328 e. The van der Waals surface area contributed by atoms with Gasteiger partial charge in [-0.1, -0.05) is 6.08 Å². The van der Waals surface area contributed by atoms with E-state index in [2.05, 4.69) is 0 Å². The van der Waals surface area contributed by atoms with Crippen molar-refractivity contribution in [1.29, 1.82) is 0 Å². The molecule has 0 aromatic rings. The van der Waals surface area contributed by atoms with Crippen LogP contribution in [0.25, 0.3) is 0 Å². The van der Waals surface area contributed by atoms with Crippen LogP contribution in [0.2, 0.25) is 0 Å². The maximum absolute atomic E-state index is 11.5. The summed E-state index contributed by atoms with van der Waals surface area (Å²) in [5.74, 6) is -1.11. The summed E-state index contributed by atoms with van der Waals surface area (Å²) in [6.45, 7) is -0.732. The summed E-state index contributed by atoms with van der Waals surface area (Å²) < 4.78 is 11.5. The largest absolute Gasteiger partial charge is 0.478 e. The van der Waals surface area contributed by atoms with E-state index in [4.69, 9.17) is 10.8 Å². The highest BCUT2D eigenvalue weighted by atomic mass is 35.5. The Morgan fingerprint density at radius 2 is 2.30 bits per heavy atom. The van der Waals surface area contributed by atoms with E-state index in [0.717, 1.165) is 12.2 Å². The summed E-state index contributed by atoms with van der Waals surface area (Å²) in [7, 11) is 0. The first-order chi connectivity index (χ1) is 4.16. The Labute approximate surface area is 64.1 Å². The summed E-state index contributed by atoms with van der Waals surface area (Å²) in [6, 6.07) is -0.791. The lowest BCUT2D eigenvalue weighted by Crippen LogP contribution is -2.19. The summed E-state index contributed by atoms with van der Waals surface area (Å²) in [4.78, 5) is 9.75. The van der Waals surface area contributed by atoms with E-state index in [1.165, 1.54) is 0 Å². The van der Waals surface area contributed by atoms with Crippen molar-refractivity contribution in [2.24, 2.45) is 5.73 Å². The van der Waals surface area contributed by atoms with Gasteiger partial charge in [0.05, 0.1) is 6.04 Å². The van der Waals surface area contributed by atoms with E-state index in [1.54, 1.807) is 0 Å². The molecule has 0 fully saturated rings. The number of halogens is 2. The van der Waals surface area contributed by atoms with Gasteiger partial charge in [-0.3, -0.25) is 0 Å². The zero-order valence-electron chi connectivity index (χ0n) is 5.16. The van der Waals surface area contributed by atoms with Crippen LogP contribution in [0.1, 0.15) is 0 Å². The Balaban J connectivity index is 0. The van der Waals surface area contributed by atoms with Gasteiger partial charge < -0.3 is 10.8 Å². The molecule has 0 saturated carbocycles. The molecule has 1 atom stereocenters.